The molecule has 0 unspecified atom stereocenters. The molecule has 0 saturated carbocycles. The molecular weight excluding hydrogens is 335 g/mol. The number of rotatable bonds is 7. The van der Waals surface area contributed by atoms with Crippen molar-refractivity contribution in [2.24, 2.45) is 0 Å². The largest absolute Gasteiger partial charge is 0.396 e. The van der Waals surface area contributed by atoms with E-state index in [1.54, 1.807) is 0 Å². The van der Waals surface area contributed by atoms with Crippen molar-refractivity contribution in [2.45, 2.75) is 26.3 Å². The number of aliphatic hydroxyl groups is 1. The lowest BCUT2D eigenvalue weighted by molar-refractivity contribution is -0.117. The van der Waals surface area contributed by atoms with Crippen LogP contribution >= 0.6 is 34.8 Å². The fourth-order valence-electron chi connectivity index (χ4n) is 1.79. The Hall–Kier alpha value is -0.520. The minimum Gasteiger partial charge on any atom is -0.396 e. The van der Waals surface area contributed by atoms with Gasteiger partial charge in [-0.2, -0.15) is 0 Å². The lowest BCUT2D eigenvalue weighted by atomic mass is 10.2. The number of aliphatic hydroxyl groups excluding tert-OH is 1. The number of amides is 1. The van der Waals surface area contributed by atoms with E-state index < -0.39 is 0 Å². The van der Waals surface area contributed by atoms with Crippen LogP contribution in [0, 0.1) is 0 Å². The molecule has 0 aliphatic carbocycles. The van der Waals surface area contributed by atoms with Gasteiger partial charge in [-0.25, -0.2) is 0 Å². The molecule has 1 rings (SSSR count). The predicted molar refractivity (Wildman–Crippen MR) is 88.5 cm³/mol. The molecule has 0 fully saturated rings. The van der Waals surface area contributed by atoms with Crippen LogP contribution in [0.15, 0.2) is 12.1 Å². The summed E-state index contributed by atoms with van der Waals surface area (Å²) >= 11 is 17.8. The molecule has 0 bridgehead atoms. The van der Waals surface area contributed by atoms with E-state index in [1.165, 1.54) is 12.1 Å². The second-order valence-corrected chi connectivity index (χ2v) is 6.16. The first-order valence-corrected chi connectivity index (χ1v) is 7.77. The summed E-state index contributed by atoms with van der Waals surface area (Å²) in [6, 6.07) is 3.22. The van der Waals surface area contributed by atoms with Crippen molar-refractivity contribution in [1.29, 1.82) is 0 Å². The van der Waals surface area contributed by atoms with Crippen LogP contribution in [0.4, 0.5) is 5.69 Å². The minimum absolute atomic E-state index is 0.101. The Bertz CT molecular complexity index is 495. The zero-order chi connectivity index (χ0) is 16.0. The lowest BCUT2D eigenvalue weighted by Crippen LogP contribution is -2.39. The Morgan fingerprint density at radius 2 is 1.86 bits per heavy atom. The maximum absolute atomic E-state index is 12.1. The molecule has 4 nitrogen and oxygen atoms in total. The highest BCUT2D eigenvalue weighted by Gasteiger charge is 2.15. The van der Waals surface area contributed by atoms with Gasteiger partial charge in [0.15, 0.2) is 0 Å². The van der Waals surface area contributed by atoms with E-state index in [0.29, 0.717) is 33.7 Å². The number of benzene rings is 1. The van der Waals surface area contributed by atoms with Crippen LogP contribution in [0.1, 0.15) is 20.3 Å². The third kappa shape index (κ3) is 6.01. The fraction of sp³-hybridized carbons (Fsp3) is 0.500. The van der Waals surface area contributed by atoms with Crippen molar-refractivity contribution in [2.75, 3.05) is 25.0 Å². The molecule has 0 saturated heterocycles. The van der Waals surface area contributed by atoms with E-state index in [9.17, 15) is 4.79 Å². The third-order valence-electron chi connectivity index (χ3n) is 2.96. The molecule has 1 aromatic rings. The van der Waals surface area contributed by atoms with Gasteiger partial charge in [-0.3, -0.25) is 9.69 Å². The summed E-state index contributed by atoms with van der Waals surface area (Å²) in [5.41, 5.74) is 0.432. The molecule has 0 aliphatic heterocycles. The summed E-state index contributed by atoms with van der Waals surface area (Å²) in [6.07, 6.45) is 0.624. The summed E-state index contributed by atoms with van der Waals surface area (Å²) in [6.45, 7) is 4.96. The lowest BCUT2D eigenvalue weighted by Gasteiger charge is -2.25. The third-order valence-corrected chi connectivity index (χ3v) is 4.00. The van der Waals surface area contributed by atoms with Crippen LogP contribution in [0.25, 0.3) is 0 Å². The SMILES string of the molecule is CC(C)N(CCCO)CC(=O)Nc1cc(Cl)c(Cl)cc1Cl. The monoisotopic (exact) mass is 352 g/mol. The van der Waals surface area contributed by atoms with Gasteiger partial charge in [-0.15, -0.1) is 0 Å². The van der Waals surface area contributed by atoms with Crippen LogP contribution in [-0.4, -0.2) is 41.7 Å². The maximum Gasteiger partial charge on any atom is 0.238 e. The molecule has 1 aromatic carbocycles. The molecule has 0 aliphatic rings. The molecule has 0 atom stereocenters. The van der Waals surface area contributed by atoms with Crippen molar-refractivity contribution in [1.82, 2.24) is 4.90 Å². The zero-order valence-electron chi connectivity index (χ0n) is 12.0. The number of hydrogen-bond acceptors (Lipinski definition) is 3. The van der Waals surface area contributed by atoms with E-state index in [0.717, 1.165) is 0 Å². The highest BCUT2D eigenvalue weighted by Crippen LogP contribution is 2.32. The van der Waals surface area contributed by atoms with Gasteiger partial charge in [0.05, 0.1) is 27.3 Å². The molecule has 0 radical (unpaired) electrons. The van der Waals surface area contributed by atoms with Crippen LogP contribution in [0.2, 0.25) is 15.1 Å². The molecule has 0 heterocycles. The summed E-state index contributed by atoms with van der Waals surface area (Å²) in [7, 11) is 0. The normalized spacial score (nSPS) is 11.2. The highest BCUT2D eigenvalue weighted by atomic mass is 35.5. The average molecular weight is 354 g/mol. The molecule has 118 valence electrons. The standard InChI is InChI=1S/C14H19Cl3N2O2/c1-9(2)19(4-3-5-20)8-14(21)18-13-7-11(16)10(15)6-12(13)17/h6-7,9,20H,3-5,8H2,1-2H3,(H,18,21). The summed E-state index contributed by atoms with van der Waals surface area (Å²) < 4.78 is 0. The van der Waals surface area contributed by atoms with Crippen molar-refractivity contribution >= 4 is 46.4 Å². The average Bonchev–Trinajstić information content (AvgIpc) is 2.40. The Morgan fingerprint density at radius 1 is 1.24 bits per heavy atom. The van der Waals surface area contributed by atoms with Crippen molar-refractivity contribution in [3.63, 3.8) is 0 Å². The van der Waals surface area contributed by atoms with Crippen molar-refractivity contribution in [3.8, 4) is 0 Å². The Labute approximate surface area is 140 Å². The number of nitrogens with zero attached hydrogens (tertiary/aromatic N) is 1. The van der Waals surface area contributed by atoms with E-state index in [4.69, 9.17) is 39.9 Å². The second kappa shape index (κ2) is 8.81. The fourth-order valence-corrected chi connectivity index (χ4v) is 2.38. The number of anilines is 1. The summed E-state index contributed by atoms with van der Waals surface area (Å²) in [4.78, 5) is 14.1. The minimum atomic E-state index is -0.193. The van der Waals surface area contributed by atoms with Crippen LogP contribution in [0.3, 0.4) is 0 Å². The van der Waals surface area contributed by atoms with Crippen LogP contribution in [0.5, 0.6) is 0 Å². The van der Waals surface area contributed by atoms with Crippen LogP contribution < -0.4 is 5.32 Å². The van der Waals surface area contributed by atoms with Gasteiger partial charge >= 0.3 is 0 Å². The zero-order valence-corrected chi connectivity index (χ0v) is 14.3. The maximum atomic E-state index is 12.1. The number of hydrogen-bond donors (Lipinski definition) is 2. The quantitative estimate of drug-likeness (QED) is 0.735. The van der Waals surface area contributed by atoms with E-state index in [2.05, 4.69) is 5.32 Å². The topological polar surface area (TPSA) is 52.6 Å². The van der Waals surface area contributed by atoms with E-state index in [1.807, 2.05) is 18.7 Å². The molecule has 1 amide bonds. The predicted octanol–water partition coefficient (Wildman–Crippen LogP) is 3.68. The van der Waals surface area contributed by atoms with Crippen LogP contribution in [-0.2, 0) is 4.79 Å². The first-order valence-electron chi connectivity index (χ1n) is 6.64. The van der Waals surface area contributed by atoms with Gasteiger partial charge in [0, 0.05) is 19.2 Å². The Balaban J connectivity index is 2.70. The molecule has 0 spiro atoms. The summed E-state index contributed by atoms with van der Waals surface area (Å²) in [5, 5.41) is 12.6. The summed E-state index contributed by atoms with van der Waals surface area (Å²) in [5.74, 6) is -0.193. The van der Waals surface area contributed by atoms with Gasteiger partial charge in [0.2, 0.25) is 5.91 Å². The number of carbonyl (C=O) groups is 1. The van der Waals surface area contributed by atoms with Gasteiger partial charge in [-0.1, -0.05) is 34.8 Å². The first kappa shape index (κ1) is 18.5. The number of nitrogens with one attached hydrogen (secondary N) is 1. The molecule has 2 N–H and O–H groups in total. The van der Waals surface area contributed by atoms with Gasteiger partial charge < -0.3 is 10.4 Å². The van der Waals surface area contributed by atoms with Gasteiger partial charge in [-0.05, 0) is 32.4 Å². The number of halogens is 3. The Kier molecular flexibility index (Phi) is 7.77. The van der Waals surface area contributed by atoms with Crippen molar-refractivity contribution < 1.29 is 9.90 Å². The smallest absolute Gasteiger partial charge is 0.238 e. The number of carbonyl (C=O) groups excluding carboxylic acids is 1. The molecular formula is C14H19Cl3N2O2. The first-order chi connectivity index (χ1) is 9.85. The van der Waals surface area contributed by atoms with Gasteiger partial charge in [0.25, 0.3) is 0 Å². The van der Waals surface area contributed by atoms with E-state index >= 15 is 0 Å². The van der Waals surface area contributed by atoms with Crippen molar-refractivity contribution in [3.05, 3.63) is 27.2 Å². The van der Waals surface area contributed by atoms with Gasteiger partial charge in [0.1, 0.15) is 0 Å². The highest BCUT2D eigenvalue weighted by molar-refractivity contribution is 6.44. The Morgan fingerprint density at radius 3 is 2.43 bits per heavy atom. The second-order valence-electron chi connectivity index (χ2n) is 4.94. The van der Waals surface area contributed by atoms with E-state index in [-0.39, 0.29) is 25.1 Å². The molecule has 7 heteroatoms. The molecule has 21 heavy (non-hydrogen) atoms. The molecule has 0 aromatic heterocycles.